The molecule has 4 heteroatoms. The molecule has 2 rings (SSSR count). The zero-order valence-electron chi connectivity index (χ0n) is 9.31. The molecule has 2 heterocycles. The van der Waals surface area contributed by atoms with Crippen molar-refractivity contribution in [2.24, 2.45) is 0 Å². The fraction of sp³-hybridized carbons (Fsp3) is 0.727. The van der Waals surface area contributed by atoms with Gasteiger partial charge in [-0.15, -0.1) is 0 Å². The number of thioether (sulfide) groups is 1. The van der Waals surface area contributed by atoms with Gasteiger partial charge in [-0.05, 0) is 24.7 Å². The van der Waals surface area contributed by atoms with Crippen molar-refractivity contribution in [3.8, 4) is 0 Å². The molecule has 1 aromatic heterocycles. The predicted octanol–water partition coefficient (Wildman–Crippen LogP) is 2.01. The Hall–Kier alpha value is -0.480. The zero-order valence-corrected chi connectivity index (χ0v) is 10.1. The monoisotopic (exact) mass is 226 g/mol. The minimum Gasteiger partial charge on any atom is -0.382 e. The minimum absolute atomic E-state index is 0.268. The normalized spacial score (nSPS) is 31.0. The Balaban J connectivity index is 2.31. The second-order valence-corrected chi connectivity index (χ2v) is 5.58. The lowest BCUT2D eigenvalue weighted by Gasteiger charge is -2.27. The van der Waals surface area contributed by atoms with Gasteiger partial charge in [0.15, 0.2) is 0 Å². The summed E-state index contributed by atoms with van der Waals surface area (Å²) in [6, 6.07) is 1.96. The van der Waals surface area contributed by atoms with E-state index in [2.05, 4.69) is 18.9 Å². The molecule has 1 aromatic rings. The summed E-state index contributed by atoms with van der Waals surface area (Å²) in [5.41, 5.74) is 0.318. The molecule has 0 aliphatic carbocycles. The first-order chi connectivity index (χ1) is 7.18. The molecule has 1 aliphatic heterocycles. The van der Waals surface area contributed by atoms with E-state index in [1.165, 1.54) is 0 Å². The van der Waals surface area contributed by atoms with E-state index in [4.69, 9.17) is 0 Å². The molecule has 0 aromatic carbocycles. The summed E-state index contributed by atoms with van der Waals surface area (Å²) < 4.78 is 1.95. The number of aryl methyl sites for hydroxylation is 1. The van der Waals surface area contributed by atoms with E-state index in [0.29, 0.717) is 0 Å². The van der Waals surface area contributed by atoms with Gasteiger partial charge in [0.2, 0.25) is 0 Å². The lowest BCUT2D eigenvalue weighted by Crippen LogP contribution is -2.34. The Labute approximate surface area is 94.9 Å². The quantitative estimate of drug-likeness (QED) is 0.856. The van der Waals surface area contributed by atoms with Crippen molar-refractivity contribution in [2.75, 3.05) is 5.75 Å². The number of hydrogen-bond donors (Lipinski definition) is 1. The van der Waals surface area contributed by atoms with Crippen molar-refractivity contribution < 1.29 is 5.11 Å². The molecule has 0 spiro atoms. The van der Waals surface area contributed by atoms with Crippen LogP contribution in [0.2, 0.25) is 0 Å². The topological polar surface area (TPSA) is 38.0 Å². The maximum absolute atomic E-state index is 10.6. The van der Waals surface area contributed by atoms with E-state index < -0.39 is 5.60 Å². The van der Waals surface area contributed by atoms with Gasteiger partial charge in [0, 0.05) is 18.0 Å². The fourth-order valence-corrected chi connectivity index (χ4v) is 3.46. The summed E-state index contributed by atoms with van der Waals surface area (Å²) in [6.07, 6.45) is 3.68. The van der Waals surface area contributed by atoms with Crippen LogP contribution in [0.25, 0.3) is 0 Å². The highest BCUT2D eigenvalue weighted by molar-refractivity contribution is 8.00. The van der Waals surface area contributed by atoms with Gasteiger partial charge < -0.3 is 5.11 Å². The molecule has 1 fully saturated rings. The second-order valence-electron chi connectivity index (χ2n) is 4.13. The van der Waals surface area contributed by atoms with E-state index in [1.54, 1.807) is 6.20 Å². The Kier molecular flexibility index (Phi) is 3.07. The van der Waals surface area contributed by atoms with Crippen LogP contribution in [0.5, 0.6) is 0 Å². The van der Waals surface area contributed by atoms with Gasteiger partial charge in [-0.3, -0.25) is 4.68 Å². The summed E-state index contributed by atoms with van der Waals surface area (Å²) in [5, 5.41) is 15.2. The third-order valence-electron chi connectivity index (χ3n) is 3.12. The summed E-state index contributed by atoms with van der Waals surface area (Å²) in [7, 11) is 0. The largest absolute Gasteiger partial charge is 0.382 e. The van der Waals surface area contributed by atoms with Gasteiger partial charge in [-0.2, -0.15) is 16.9 Å². The number of aromatic nitrogens is 2. The van der Waals surface area contributed by atoms with E-state index in [0.717, 1.165) is 30.8 Å². The van der Waals surface area contributed by atoms with Gasteiger partial charge in [0.1, 0.15) is 5.60 Å². The van der Waals surface area contributed by atoms with E-state index >= 15 is 0 Å². The SMILES string of the molecule is CCCn1nccc1C1(O)CCSC1C. The molecular weight excluding hydrogens is 208 g/mol. The van der Waals surface area contributed by atoms with Crippen LogP contribution < -0.4 is 0 Å². The van der Waals surface area contributed by atoms with Gasteiger partial charge in [0.25, 0.3) is 0 Å². The van der Waals surface area contributed by atoms with Crippen LogP contribution in [0, 0.1) is 0 Å². The molecule has 1 aliphatic rings. The summed E-state index contributed by atoms with van der Waals surface area (Å²) >= 11 is 1.84. The van der Waals surface area contributed by atoms with Crippen molar-refractivity contribution in [1.82, 2.24) is 9.78 Å². The molecule has 0 radical (unpaired) electrons. The molecule has 0 saturated carbocycles. The van der Waals surface area contributed by atoms with Crippen LogP contribution in [-0.4, -0.2) is 25.9 Å². The smallest absolute Gasteiger partial charge is 0.118 e. The van der Waals surface area contributed by atoms with Crippen LogP contribution in [0.15, 0.2) is 12.3 Å². The molecule has 0 amide bonds. The third kappa shape index (κ3) is 1.81. The fourth-order valence-electron chi connectivity index (χ4n) is 2.16. The van der Waals surface area contributed by atoms with Crippen LogP contribution in [0.3, 0.4) is 0 Å². The minimum atomic E-state index is -0.670. The lowest BCUT2D eigenvalue weighted by atomic mass is 9.93. The van der Waals surface area contributed by atoms with Crippen molar-refractivity contribution in [1.29, 1.82) is 0 Å². The van der Waals surface area contributed by atoms with Gasteiger partial charge in [0.05, 0.1) is 5.69 Å². The standard InChI is InChI=1S/C11H18N2OS/c1-3-7-13-10(4-6-12-13)11(14)5-8-15-9(11)2/h4,6,9,14H,3,5,7-8H2,1-2H3. The third-order valence-corrected chi connectivity index (χ3v) is 4.45. The predicted molar refractivity (Wildman–Crippen MR) is 63.0 cm³/mol. The molecule has 1 saturated heterocycles. The zero-order chi connectivity index (χ0) is 10.9. The Bertz CT molecular complexity index is 339. The van der Waals surface area contributed by atoms with Crippen LogP contribution >= 0.6 is 11.8 Å². The summed E-state index contributed by atoms with van der Waals surface area (Å²) in [6.45, 7) is 5.12. The molecule has 2 unspecified atom stereocenters. The van der Waals surface area contributed by atoms with Crippen molar-refractivity contribution in [3.63, 3.8) is 0 Å². The highest BCUT2D eigenvalue weighted by Gasteiger charge is 2.42. The van der Waals surface area contributed by atoms with Gasteiger partial charge >= 0.3 is 0 Å². The van der Waals surface area contributed by atoms with Crippen LogP contribution in [0.1, 0.15) is 32.4 Å². The van der Waals surface area contributed by atoms with Gasteiger partial charge in [-0.25, -0.2) is 0 Å². The van der Waals surface area contributed by atoms with Gasteiger partial charge in [-0.1, -0.05) is 13.8 Å². The average Bonchev–Trinajstić information content (AvgIpc) is 2.77. The number of aliphatic hydroxyl groups is 1. The number of hydrogen-bond acceptors (Lipinski definition) is 3. The van der Waals surface area contributed by atoms with Crippen molar-refractivity contribution >= 4 is 11.8 Å². The lowest BCUT2D eigenvalue weighted by molar-refractivity contribution is 0.0332. The molecule has 1 N–H and O–H groups in total. The van der Waals surface area contributed by atoms with E-state index in [-0.39, 0.29) is 5.25 Å². The van der Waals surface area contributed by atoms with Crippen LogP contribution in [-0.2, 0) is 12.1 Å². The number of rotatable bonds is 3. The molecule has 3 nitrogen and oxygen atoms in total. The highest BCUT2D eigenvalue weighted by atomic mass is 32.2. The van der Waals surface area contributed by atoms with Crippen molar-refractivity contribution in [2.45, 2.75) is 44.1 Å². The first-order valence-electron chi connectivity index (χ1n) is 5.54. The highest BCUT2D eigenvalue weighted by Crippen LogP contribution is 2.42. The first kappa shape index (κ1) is 11.0. The van der Waals surface area contributed by atoms with E-state index in [9.17, 15) is 5.11 Å². The second kappa shape index (κ2) is 4.18. The maximum atomic E-state index is 10.6. The summed E-state index contributed by atoms with van der Waals surface area (Å²) in [4.78, 5) is 0. The number of nitrogens with zero attached hydrogens (tertiary/aromatic N) is 2. The van der Waals surface area contributed by atoms with E-state index in [1.807, 2.05) is 22.5 Å². The van der Waals surface area contributed by atoms with Crippen molar-refractivity contribution in [3.05, 3.63) is 18.0 Å². The maximum Gasteiger partial charge on any atom is 0.118 e. The average molecular weight is 226 g/mol. The molecule has 15 heavy (non-hydrogen) atoms. The first-order valence-corrected chi connectivity index (χ1v) is 6.59. The van der Waals surface area contributed by atoms with Crippen LogP contribution in [0.4, 0.5) is 0 Å². The summed E-state index contributed by atoms with van der Waals surface area (Å²) in [5.74, 6) is 1.04. The molecule has 84 valence electrons. The molecular formula is C11H18N2OS. The molecule has 2 atom stereocenters. The Morgan fingerprint density at radius 3 is 3.13 bits per heavy atom. The molecule has 0 bridgehead atoms. The Morgan fingerprint density at radius 1 is 1.73 bits per heavy atom. The Morgan fingerprint density at radius 2 is 2.53 bits per heavy atom.